The summed E-state index contributed by atoms with van der Waals surface area (Å²) in [5.74, 6) is 0.398. The molecule has 1 saturated heterocycles. The van der Waals surface area contributed by atoms with Gasteiger partial charge in [0.1, 0.15) is 5.78 Å². The minimum atomic E-state index is 0.289. The Bertz CT molecular complexity index is 149. The van der Waals surface area contributed by atoms with E-state index in [0.29, 0.717) is 12.3 Å². The first-order chi connectivity index (χ1) is 4.31. The van der Waals surface area contributed by atoms with Gasteiger partial charge in [0, 0.05) is 12.0 Å². The van der Waals surface area contributed by atoms with E-state index in [4.69, 9.17) is 0 Å². The summed E-state index contributed by atoms with van der Waals surface area (Å²) in [7, 11) is 0. The Morgan fingerprint density at radius 1 is 1.44 bits per heavy atom. The van der Waals surface area contributed by atoms with Crippen LogP contribution in [0, 0.1) is 0 Å². The molecule has 0 aromatic heterocycles. The van der Waals surface area contributed by atoms with Crippen LogP contribution in [0.5, 0.6) is 0 Å². The zero-order chi connectivity index (χ0) is 6.32. The van der Waals surface area contributed by atoms with Gasteiger partial charge in [-0.2, -0.15) is 0 Å². The Balaban J connectivity index is 2.07. The van der Waals surface area contributed by atoms with Crippen molar-refractivity contribution in [2.75, 3.05) is 6.54 Å². The molecular formula is C7H11NO. The third kappa shape index (κ3) is 0.697. The second-order valence-electron chi connectivity index (χ2n) is 3.20. The van der Waals surface area contributed by atoms with Crippen LogP contribution in [-0.2, 0) is 4.79 Å². The fourth-order valence-electron chi connectivity index (χ4n) is 1.75. The number of nitrogens with one attached hydrogen (secondary N) is 1. The average Bonchev–Trinajstić information content (AvgIpc) is 2.09. The Labute approximate surface area is 54.6 Å². The van der Waals surface area contributed by atoms with Gasteiger partial charge in [-0.1, -0.05) is 0 Å². The van der Waals surface area contributed by atoms with Crippen molar-refractivity contribution in [2.45, 2.75) is 31.2 Å². The third-order valence-electron chi connectivity index (χ3n) is 2.51. The topological polar surface area (TPSA) is 29.1 Å². The van der Waals surface area contributed by atoms with E-state index >= 15 is 0 Å². The standard InChI is InChI=1S/C7H11NO/c9-6-4-7(8-5-6)2-1-3-7/h8H,1-5H2. The lowest BCUT2D eigenvalue weighted by Crippen LogP contribution is -2.45. The van der Waals surface area contributed by atoms with Crippen molar-refractivity contribution in [3.63, 3.8) is 0 Å². The van der Waals surface area contributed by atoms with Gasteiger partial charge in [0.25, 0.3) is 0 Å². The van der Waals surface area contributed by atoms with Crippen LogP contribution in [0.1, 0.15) is 25.7 Å². The monoisotopic (exact) mass is 125 g/mol. The van der Waals surface area contributed by atoms with Gasteiger partial charge in [-0.25, -0.2) is 0 Å². The van der Waals surface area contributed by atoms with Crippen LogP contribution in [0.25, 0.3) is 0 Å². The summed E-state index contributed by atoms with van der Waals surface area (Å²) >= 11 is 0. The molecule has 1 spiro atoms. The molecule has 0 bridgehead atoms. The van der Waals surface area contributed by atoms with Crippen molar-refractivity contribution >= 4 is 5.78 Å². The van der Waals surface area contributed by atoms with Crippen molar-refractivity contribution in [1.29, 1.82) is 0 Å². The van der Waals surface area contributed by atoms with Crippen LogP contribution in [0.3, 0.4) is 0 Å². The highest BCUT2D eigenvalue weighted by atomic mass is 16.1. The maximum absolute atomic E-state index is 10.8. The predicted octanol–water partition coefficient (Wildman–Crippen LogP) is 0.472. The molecule has 1 heterocycles. The second kappa shape index (κ2) is 1.57. The molecule has 2 nitrogen and oxygen atoms in total. The first kappa shape index (κ1) is 5.42. The lowest BCUT2D eigenvalue weighted by molar-refractivity contribution is -0.116. The Morgan fingerprint density at radius 3 is 2.44 bits per heavy atom. The summed E-state index contributed by atoms with van der Waals surface area (Å²) in [4.78, 5) is 10.8. The molecule has 2 aliphatic rings. The highest BCUT2D eigenvalue weighted by Crippen LogP contribution is 2.37. The molecule has 0 aromatic rings. The zero-order valence-electron chi connectivity index (χ0n) is 5.44. The number of rotatable bonds is 0. The fraction of sp³-hybridized carbons (Fsp3) is 0.857. The highest BCUT2D eigenvalue weighted by molar-refractivity contribution is 5.84. The Kier molecular flexibility index (Phi) is 0.943. The van der Waals surface area contributed by atoms with Crippen molar-refractivity contribution in [2.24, 2.45) is 0 Å². The molecule has 0 unspecified atom stereocenters. The van der Waals surface area contributed by atoms with E-state index in [1.165, 1.54) is 19.3 Å². The number of carbonyl (C=O) groups is 1. The maximum atomic E-state index is 10.8. The molecule has 1 N–H and O–H groups in total. The molecule has 1 aliphatic heterocycles. The number of hydrogen-bond acceptors (Lipinski definition) is 2. The van der Waals surface area contributed by atoms with Gasteiger partial charge in [0.05, 0.1) is 6.54 Å². The van der Waals surface area contributed by atoms with Crippen LogP contribution >= 0.6 is 0 Å². The Morgan fingerprint density at radius 2 is 2.22 bits per heavy atom. The minimum Gasteiger partial charge on any atom is -0.304 e. The molecule has 0 radical (unpaired) electrons. The normalized spacial score (nSPS) is 30.9. The number of hydrogen-bond donors (Lipinski definition) is 1. The summed E-state index contributed by atoms with van der Waals surface area (Å²) in [6.07, 6.45) is 4.55. The quantitative estimate of drug-likeness (QED) is 0.510. The van der Waals surface area contributed by atoms with E-state index in [1.807, 2.05) is 0 Å². The van der Waals surface area contributed by atoms with Gasteiger partial charge in [0.2, 0.25) is 0 Å². The van der Waals surface area contributed by atoms with E-state index in [1.54, 1.807) is 0 Å². The van der Waals surface area contributed by atoms with Crippen LogP contribution < -0.4 is 5.32 Å². The molecule has 2 heteroatoms. The molecule has 1 aliphatic carbocycles. The van der Waals surface area contributed by atoms with Crippen molar-refractivity contribution in [3.05, 3.63) is 0 Å². The lowest BCUT2D eigenvalue weighted by atomic mass is 9.76. The van der Waals surface area contributed by atoms with Gasteiger partial charge in [-0.3, -0.25) is 4.79 Å². The fourth-order valence-corrected chi connectivity index (χ4v) is 1.75. The maximum Gasteiger partial charge on any atom is 0.148 e. The van der Waals surface area contributed by atoms with E-state index in [0.717, 1.165) is 6.42 Å². The number of carbonyl (C=O) groups excluding carboxylic acids is 1. The summed E-state index contributed by atoms with van der Waals surface area (Å²) in [5.41, 5.74) is 0.289. The zero-order valence-corrected chi connectivity index (χ0v) is 5.44. The molecule has 0 aromatic carbocycles. The first-order valence-corrected chi connectivity index (χ1v) is 3.58. The van der Waals surface area contributed by atoms with Gasteiger partial charge in [0.15, 0.2) is 0 Å². The van der Waals surface area contributed by atoms with Gasteiger partial charge in [-0.15, -0.1) is 0 Å². The lowest BCUT2D eigenvalue weighted by Gasteiger charge is -2.37. The minimum absolute atomic E-state index is 0.289. The molecule has 2 rings (SSSR count). The number of Topliss-reactive ketones (excluding diaryl/α,β-unsaturated/α-hetero) is 1. The molecule has 0 amide bonds. The van der Waals surface area contributed by atoms with Crippen LogP contribution in [0.15, 0.2) is 0 Å². The van der Waals surface area contributed by atoms with Crippen molar-refractivity contribution < 1.29 is 4.79 Å². The summed E-state index contributed by atoms with van der Waals surface area (Å²) in [6, 6.07) is 0. The molecular weight excluding hydrogens is 114 g/mol. The van der Waals surface area contributed by atoms with Crippen LogP contribution in [-0.4, -0.2) is 17.9 Å². The summed E-state index contributed by atoms with van der Waals surface area (Å²) < 4.78 is 0. The molecule has 9 heavy (non-hydrogen) atoms. The molecule has 0 atom stereocenters. The molecule has 1 saturated carbocycles. The number of ketones is 1. The smallest absolute Gasteiger partial charge is 0.148 e. The SMILES string of the molecule is O=C1CNC2(CCC2)C1. The van der Waals surface area contributed by atoms with Crippen molar-refractivity contribution in [3.8, 4) is 0 Å². The summed E-state index contributed by atoms with van der Waals surface area (Å²) in [5, 5.41) is 3.27. The average molecular weight is 125 g/mol. The third-order valence-corrected chi connectivity index (χ3v) is 2.51. The van der Waals surface area contributed by atoms with E-state index in [2.05, 4.69) is 5.32 Å². The highest BCUT2D eigenvalue weighted by Gasteiger charge is 2.42. The van der Waals surface area contributed by atoms with E-state index in [9.17, 15) is 4.79 Å². The van der Waals surface area contributed by atoms with E-state index in [-0.39, 0.29) is 5.54 Å². The van der Waals surface area contributed by atoms with Crippen LogP contribution in [0.4, 0.5) is 0 Å². The molecule has 50 valence electrons. The first-order valence-electron chi connectivity index (χ1n) is 3.58. The van der Waals surface area contributed by atoms with Gasteiger partial charge >= 0.3 is 0 Å². The second-order valence-corrected chi connectivity index (χ2v) is 3.20. The Hall–Kier alpha value is -0.370. The van der Waals surface area contributed by atoms with Gasteiger partial charge in [-0.05, 0) is 19.3 Å². The molecule has 2 fully saturated rings. The predicted molar refractivity (Wildman–Crippen MR) is 34.2 cm³/mol. The summed E-state index contributed by atoms with van der Waals surface area (Å²) in [6.45, 7) is 0.625. The van der Waals surface area contributed by atoms with Crippen molar-refractivity contribution in [1.82, 2.24) is 5.32 Å². The largest absolute Gasteiger partial charge is 0.304 e. The van der Waals surface area contributed by atoms with Crippen LogP contribution in [0.2, 0.25) is 0 Å². The van der Waals surface area contributed by atoms with E-state index < -0.39 is 0 Å². The van der Waals surface area contributed by atoms with Gasteiger partial charge < -0.3 is 5.32 Å².